The van der Waals surface area contributed by atoms with Crippen LogP contribution in [-0.4, -0.2) is 38.6 Å². The third-order valence-corrected chi connectivity index (χ3v) is 4.74. The van der Waals surface area contributed by atoms with Gasteiger partial charge < -0.3 is 10.6 Å². The number of piperidine rings is 1. The molecule has 1 atom stereocenters. The Bertz CT molecular complexity index is 905. The molecule has 4 rings (SSSR count). The lowest BCUT2D eigenvalue weighted by Crippen LogP contribution is -2.36. The molecule has 0 bridgehead atoms. The number of nitrogens with zero attached hydrogens (tertiary/aromatic N) is 5. The monoisotopic (exact) mass is 336 g/mol. The van der Waals surface area contributed by atoms with Gasteiger partial charge >= 0.3 is 0 Å². The molecule has 7 nitrogen and oxygen atoms in total. The Hall–Kier alpha value is -2.96. The van der Waals surface area contributed by atoms with E-state index in [2.05, 4.69) is 24.5 Å². The number of hydrogen-bond donors (Lipinski definition) is 1. The summed E-state index contributed by atoms with van der Waals surface area (Å²) >= 11 is 0. The van der Waals surface area contributed by atoms with Crippen LogP contribution in [0, 0.1) is 5.92 Å². The third kappa shape index (κ3) is 3.17. The number of aromatic nitrogens is 4. The zero-order chi connectivity index (χ0) is 17.2. The average Bonchev–Trinajstić information content (AvgIpc) is 3.05. The van der Waals surface area contributed by atoms with Crippen molar-refractivity contribution in [3.8, 4) is 0 Å². The molecule has 0 spiro atoms. The van der Waals surface area contributed by atoms with Crippen LogP contribution in [0.2, 0.25) is 0 Å². The molecule has 1 amide bonds. The second-order valence-corrected chi connectivity index (χ2v) is 6.47. The number of carbonyl (C=O) groups is 1. The number of nitrogens with two attached hydrogens (primary N) is 1. The van der Waals surface area contributed by atoms with Gasteiger partial charge in [-0.2, -0.15) is 0 Å². The summed E-state index contributed by atoms with van der Waals surface area (Å²) in [6, 6.07) is 9.63. The molecule has 0 saturated carbocycles. The lowest BCUT2D eigenvalue weighted by molar-refractivity contribution is 0.0995. The summed E-state index contributed by atoms with van der Waals surface area (Å²) in [6.45, 7) is 1.89. The molecule has 128 valence electrons. The molecule has 4 heterocycles. The summed E-state index contributed by atoms with van der Waals surface area (Å²) in [5.41, 5.74) is 7.53. The van der Waals surface area contributed by atoms with Crippen LogP contribution in [0.25, 0.3) is 5.65 Å². The topological polar surface area (TPSA) is 89.4 Å². The minimum absolute atomic E-state index is 0.308. The van der Waals surface area contributed by atoms with Crippen molar-refractivity contribution < 1.29 is 4.79 Å². The summed E-state index contributed by atoms with van der Waals surface area (Å²) < 4.78 is 2.05. The lowest BCUT2D eigenvalue weighted by Gasteiger charge is -2.34. The predicted molar refractivity (Wildman–Crippen MR) is 94.4 cm³/mol. The molecule has 0 radical (unpaired) electrons. The molecule has 0 aliphatic carbocycles. The Balaban J connectivity index is 1.51. The first-order valence-corrected chi connectivity index (χ1v) is 8.50. The standard InChI is InChI=1S/C18H20N6O/c19-18(25)15-11-14(6-7-20-15)23-8-3-4-13(12-23)10-17-22-21-16-5-1-2-9-24(16)17/h1-2,5-7,9,11,13H,3-4,8,10,12H2,(H2,19,25). The molecular formula is C18H20N6O. The Labute approximate surface area is 145 Å². The second-order valence-electron chi connectivity index (χ2n) is 6.47. The molecule has 2 N–H and O–H groups in total. The maximum atomic E-state index is 11.4. The van der Waals surface area contributed by atoms with Gasteiger partial charge in [0.1, 0.15) is 11.5 Å². The van der Waals surface area contributed by atoms with Crippen molar-refractivity contribution in [2.45, 2.75) is 19.3 Å². The van der Waals surface area contributed by atoms with Gasteiger partial charge in [-0.3, -0.25) is 14.2 Å². The van der Waals surface area contributed by atoms with Crippen LogP contribution in [0.4, 0.5) is 5.69 Å². The number of carbonyl (C=O) groups excluding carboxylic acids is 1. The Morgan fingerprint density at radius 2 is 2.20 bits per heavy atom. The third-order valence-electron chi connectivity index (χ3n) is 4.74. The van der Waals surface area contributed by atoms with Gasteiger partial charge in [-0.1, -0.05) is 6.07 Å². The normalized spacial score (nSPS) is 17.8. The average molecular weight is 336 g/mol. The van der Waals surface area contributed by atoms with E-state index in [4.69, 9.17) is 5.73 Å². The highest BCUT2D eigenvalue weighted by atomic mass is 16.1. The molecule has 1 unspecified atom stereocenters. The number of fused-ring (bicyclic) bond motifs is 1. The molecule has 3 aromatic rings. The summed E-state index contributed by atoms with van der Waals surface area (Å²) in [7, 11) is 0. The first kappa shape index (κ1) is 15.6. The van der Waals surface area contributed by atoms with Gasteiger partial charge in [0.2, 0.25) is 0 Å². The van der Waals surface area contributed by atoms with E-state index in [1.807, 2.05) is 30.5 Å². The van der Waals surface area contributed by atoms with E-state index in [9.17, 15) is 4.79 Å². The van der Waals surface area contributed by atoms with Crippen molar-refractivity contribution in [2.75, 3.05) is 18.0 Å². The van der Waals surface area contributed by atoms with Crippen molar-refractivity contribution in [1.82, 2.24) is 19.6 Å². The van der Waals surface area contributed by atoms with Crippen molar-refractivity contribution >= 4 is 17.2 Å². The largest absolute Gasteiger partial charge is 0.371 e. The number of anilines is 1. The van der Waals surface area contributed by atoms with E-state index >= 15 is 0 Å². The van der Waals surface area contributed by atoms with Crippen LogP contribution in [0.3, 0.4) is 0 Å². The van der Waals surface area contributed by atoms with Crippen LogP contribution >= 0.6 is 0 Å². The highest BCUT2D eigenvalue weighted by Crippen LogP contribution is 2.25. The minimum atomic E-state index is -0.495. The second kappa shape index (κ2) is 6.51. The van der Waals surface area contributed by atoms with Crippen LogP contribution in [0.5, 0.6) is 0 Å². The van der Waals surface area contributed by atoms with Crippen molar-refractivity contribution in [1.29, 1.82) is 0 Å². The van der Waals surface area contributed by atoms with Crippen molar-refractivity contribution in [3.63, 3.8) is 0 Å². The maximum absolute atomic E-state index is 11.4. The van der Waals surface area contributed by atoms with Gasteiger partial charge in [0.05, 0.1) is 0 Å². The lowest BCUT2D eigenvalue weighted by atomic mass is 9.94. The van der Waals surface area contributed by atoms with E-state index in [-0.39, 0.29) is 0 Å². The molecule has 1 fully saturated rings. The first-order valence-electron chi connectivity index (χ1n) is 8.50. The summed E-state index contributed by atoms with van der Waals surface area (Å²) in [4.78, 5) is 17.7. The van der Waals surface area contributed by atoms with E-state index in [1.54, 1.807) is 12.3 Å². The number of amides is 1. The van der Waals surface area contributed by atoms with Gasteiger partial charge in [0.15, 0.2) is 5.65 Å². The number of primary amides is 1. The zero-order valence-corrected chi connectivity index (χ0v) is 13.9. The highest BCUT2D eigenvalue weighted by Gasteiger charge is 2.23. The summed E-state index contributed by atoms with van der Waals surface area (Å²) in [5, 5.41) is 8.58. The fourth-order valence-corrected chi connectivity index (χ4v) is 3.51. The van der Waals surface area contributed by atoms with E-state index in [0.717, 1.165) is 49.5 Å². The fraction of sp³-hybridized carbons (Fsp3) is 0.333. The van der Waals surface area contributed by atoms with Gasteiger partial charge in [-0.25, -0.2) is 0 Å². The Morgan fingerprint density at radius 3 is 3.08 bits per heavy atom. The smallest absolute Gasteiger partial charge is 0.267 e. The molecule has 3 aromatic heterocycles. The van der Waals surface area contributed by atoms with E-state index < -0.39 is 5.91 Å². The molecule has 1 aliphatic heterocycles. The molecule has 25 heavy (non-hydrogen) atoms. The van der Waals surface area contributed by atoms with Crippen LogP contribution < -0.4 is 10.6 Å². The van der Waals surface area contributed by atoms with Gasteiger partial charge in [-0.05, 0) is 43.0 Å². The summed E-state index contributed by atoms with van der Waals surface area (Å²) in [6.07, 6.45) is 6.80. The Morgan fingerprint density at radius 1 is 1.28 bits per heavy atom. The minimum Gasteiger partial charge on any atom is -0.371 e. The fourth-order valence-electron chi connectivity index (χ4n) is 3.51. The van der Waals surface area contributed by atoms with E-state index in [1.165, 1.54) is 0 Å². The number of pyridine rings is 2. The number of rotatable bonds is 4. The van der Waals surface area contributed by atoms with Crippen molar-refractivity contribution in [3.05, 3.63) is 54.2 Å². The molecular weight excluding hydrogens is 316 g/mol. The first-order chi connectivity index (χ1) is 12.2. The molecule has 0 aromatic carbocycles. The van der Waals surface area contributed by atoms with Crippen molar-refractivity contribution in [2.24, 2.45) is 11.7 Å². The molecule has 1 aliphatic rings. The highest BCUT2D eigenvalue weighted by molar-refractivity contribution is 5.91. The van der Waals surface area contributed by atoms with Crippen LogP contribution in [-0.2, 0) is 6.42 Å². The number of hydrogen-bond acceptors (Lipinski definition) is 5. The maximum Gasteiger partial charge on any atom is 0.267 e. The predicted octanol–water partition coefficient (Wildman–Crippen LogP) is 1.68. The Kier molecular flexibility index (Phi) is 4.05. The van der Waals surface area contributed by atoms with E-state index in [0.29, 0.717) is 11.6 Å². The van der Waals surface area contributed by atoms with Crippen LogP contribution in [0.15, 0.2) is 42.7 Å². The molecule has 1 saturated heterocycles. The van der Waals surface area contributed by atoms with Gasteiger partial charge in [-0.15, -0.1) is 10.2 Å². The quantitative estimate of drug-likeness (QED) is 0.783. The molecule has 7 heteroatoms. The zero-order valence-electron chi connectivity index (χ0n) is 13.9. The van der Waals surface area contributed by atoms with Gasteiger partial charge in [0.25, 0.3) is 5.91 Å². The SMILES string of the molecule is NC(=O)c1cc(N2CCCC(Cc3nnc4ccccn34)C2)ccn1. The van der Waals surface area contributed by atoms with Gasteiger partial charge in [0, 0.05) is 37.6 Å². The summed E-state index contributed by atoms with van der Waals surface area (Å²) in [5.74, 6) is 0.992. The van der Waals surface area contributed by atoms with Crippen LogP contribution in [0.1, 0.15) is 29.2 Å².